The Balaban J connectivity index is 1.75. The minimum Gasteiger partial charge on any atom is -0.493 e. The molecule has 4 rings (SSSR count). The van der Waals surface area contributed by atoms with Gasteiger partial charge in [-0.25, -0.2) is 4.79 Å². The van der Waals surface area contributed by atoms with Gasteiger partial charge >= 0.3 is 12.2 Å². The number of hydrogen-bond donors (Lipinski definition) is 2. The van der Waals surface area contributed by atoms with Crippen LogP contribution in [0.3, 0.4) is 0 Å². The van der Waals surface area contributed by atoms with Gasteiger partial charge < -0.3 is 19.9 Å². The molecule has 1 aliphatic heterocycles. The van der Waals surface area contributed by atoms with E-state index >= 15 is 0 Å². The smallest absolute Gasteiger partial charge is 0.437 e. The van der Waals surface area contributed by atoms with Gasteiger partial charge in [0.25, 0.3) is 5.72 Å². The first-order valence-corrected chi connectivity index (χ1v) is 11.8. The van der Waals surface area contributed by atoms with Crippen molar-refractivity contribution < 1.29 is 37.3 Å². The van der Waals surface area contributed by atoms with Gasteiger partial charge in [0.2, 0.25) is 0 Å². The fraction of sp³-hybridized carbons (Fsp3) is 0.259. The van der Waals surface area contributed by atoms with Crippen LogP contribution in [0.4, 0.5) is 18.0 Å². The summed E-state index contributed by atoms with van der Waals surface area (Å²) in [7, 11) is 2.14. The third kappa shape index (κ3) is 5.01. The second kappa shape index (κ2) is 10.5. The molecule has 1 saturated heterocycles. The second-order valence-electron chi connectivity index (χ2n) is 8.74. The molecule has 0 bridgehead atoms. The molecule has 200 valence electrons. The minimum absolute atomic E-state index is 0.0513. The largest absolute Gasteiger partial charge is 0.493 e. The molecule has 7 nitrogen and oxygen atoms in total. The number of hydrogen-bond acceptors (Lipinski definition) is 5. The van der Waals surface area contributed by atoms with Crippen LogP contribution in [0.1, 0.15) is 27.5 Å². The van der Waals surface area contributed by atoms with E-state index in [-0.39, 0.29) is 34.1 Å². The maximum absolute atomic E-state index is 14.4. The molecule has 1 fully saturated rings. The van der Waals surface area contributed by atoms with Gasteiger partial charge in [-0.15, -0.1) is 0 Å². The lowest BCUT2D eigenvalue weighted by atomic mass is 9.76. The predicted molar refractivity (Wildman–Crippen MR) is 133 cm³/mol. The molecule has 0 aromatic heterocycles. The van der Waals surface area contributed by atoms with Crippen LogP contribution >= 0.6 is 11.6 Å². The molecule has 2 amide bonds. The number of ketones is 1. The van der Waals surface area contributed by atoms with E-state index in [2.05, 4.69) is 5.32 Å². The van der Waals surface area contributed by atoms with Crippen LogP contribution in [0, 0.1) is 5.92 Å². The molecule has 3 atom stereocenters. The molecule has 0 radical (unpaired) electrons. The monoisotopic (exact) mass is 548 g/mol. The van der Waals surface area contributed by atoms with Gasteiger partial charge in [-0.3, -0.25) is 9.69 Å². The zero-order valence-electron chi connectivity index (χ0n) is 20.3. The average molecular weight is 549 g/mol. The molecule has 3 aromatic rings. The van der Waals surface area contributed by atoms with E-state index in [4.69, 9.17) is 21.1 Å². The third-order valence-electron chi connectivity index (χ3n) is 6.47. The van der Waals surface area contributed by atoms with Crippen molar-refractivity contribution in [3.05, 3.63) is 94.5 Å². The molecule has 0 aliphatic carbocycles. The van der Waals surface area contributed by atoms with E-state index in [0.717, 1.165) is 12.6 Å². The molecule has 0 unspecified atom stereocenters. The number of amides is 2. The molecule has 0 spiro atoms. The van der Waals surface area contributed by atoms with Crippen LogP contribution in [0.2, 0.25) is 5.02 Å². The Morgan fingerprint density at radius 3 is 2.34 bits per heavy atom. The molecule has 38 heavy (non-hydrogen) atoms. The van der Waals surface area contributed by atoms with Crippen molar-refractivity contribution in [2.45, 2.75) is 24.6 Å². The molecule has 1 heterocycles. The number of urea groups is 1. The Bertz CT molecular complexity index is 1320. The number of halogens is 4. The van der Waals surface area contributed by atoms with Crippen LogP contribution in [0.15, 0.2) is 72.8 Å². The van der Waals surface area contributed by atoms with Crippen LogP contribution < -0.4 is 14.8 Å². The van der Waals surface area contributed by atoms with Crippen LogP contribution in [0.25, 0.3) is 0 Å². The Hall–Kier alpha value is -3.76. The summed E-state index contributed by atoms with van der Waals surface area (Å²) in [5, 5.41) is 14.0. The fourth-order valence-corrected chi connectivity index (χ4v) is 4.53. The lowest BCUT2D eigenvalue weighted by molar-refractivity contribution is -0.322. The first-order valence-electron chi connectivity index (χ1n) is 11.4. The van der Waals surface area contributed by atoms with E-state index in [1.54, 1.807) is 30.3 Å². The molecule has 11 heteroatoms. The van der Waals surface area contributed by atoms with E-state index in [1.807, 2.05) is 0 Å². The standard InChI is InChI=1S/C27H24ClF3N2O5/c1-33-25(35)32-23(22(26(33,36)27(29,30)31)24(34)17-6-4-3-5-7-17)18-10-13-20(21(14-18)37-2)38-15-16-8-11-19(28)12-9-16/h3-14,22-23,36H,15H2,1-2H3,(H,32,35)/t22-,23+,26-/m0/s1. The van der Waals surface area contributed by atoms with Gasteiger partial charge in [0.15, 0.2) is 17.3 Å². The SMILES string of the molecule is COc1cc([C@H]2NC(=O)N(C)[C@@](O)(C(F)(F)F)[C@@H]2C(=O)c2ccccc2)ccc1OCc1ccc(Cl)cc1. The van der Waals surface area contributed by atoms with E-state index in [1.165, 1.54) is 49.6 Å². The molecule has 2 N–H and O–H groups in total. The van der Waals surface area contributed by atoms with Crippen molar-refractivity contribution in [3.63, 3.8) is 0 Å². The van der Waals surface area contributed by atoms with Crippen LogP contribution in [0.5, 0.6) is 11.5 Å². The molecule has 3 aromatic carbocycles. The number of rotatable bonds is 7. The number of nitrogens with zero attached hydrogens (tertiary/aromatic N) is 1. The van der Waals surface area contributed by atoms with Gasteiger partial charge in [-0.2, -0.15) is 13.2 Å². The van der Waals surface area contributed by atoms with E-state index < -0.39 is 35.7 Å². The van der Waals surface area contributed by atoms with Crippen molar-refractivity contribution in [2.24, 2.45) is 5.92 Å². The van der Waals surface area contributed by atoms with Crippen molar-refractivity contribution in [2.75, 3.05) is 14.2 Å². The highest BCUT2D eigenvalue weighted by Gasteiger charge is 2.69. The Labute approximate surface area is 221 Å². The minimum atomic E-state index is -5.35. The number of nitrogens with one attached hydrogen (secondary N) is 1. The molecular formula is C27H24ClF3N2O5. The summed E-state index contributed by atoms with van der Waals surface area (Å²) in [4.78, 5) is 26.2. The topological polar surface area (TPSA) is 88.1 Å². The van der Waals surface area contributed by atoms with Crippen molar-refractivity contribution in [3.8, 4) is 11.5 Å². The number of alkyl halides is 3. The number of methoxy groups -OCH3 is 1. The number of carbonyl (C=O) groups is 2. The van der Waals surface area contributed by atoms with Crippen molar-refractivity contribution >= 4 is 23.4 Å². The number of ether oxygens (including phenoxy) is 2. The molecular weight excluding hydrogens is 525 g/mol. The summed E-state index contributed by atoms with van der Waals surface area (Å²) in [6, 6.07) is 15.7. The maximum Gasteiger partial charge on any atom is 0.437 e. The van der Waals surface area contributed by atoms with Crippen LogP contribution in [-0.2, 0) is 6.61 Å². The second-order valence-corrected chi connectivity index (χ2v) is 9.18. The lowest BCUT2D eigenvalue weighted by Crippen LogP contribution is -2.72. The van der Waals surface area contributed by atoms with Gasteiger partial charge in [0, 0.05) is 17.6 Å². The summed E-state index contributed by atoms with van der Waals surface area (Å²) in [5.41, 5.74) is -2.92. The average Bonchev–Trinajstić information content (AvgIpc) is 2.90. The zero-order chi connectivity index (χ0) is 27.7. The van der Waals surface area contributed by atoms with Crippen molar-refractivity contribution in [1.82, 2.24) is 10.2 Å². The number of aliphatic hydroxyl groups is 1. The summed E-state index contributed by atoms with van der Waals surface area (Å²) in [6.45, 7) is 0.154. The first-order chi connectivity index (χ1) is 18.0. The van der Waals surface area contributed by atoms with Gasteiger partial charge in [-0.1, -0.05) is 60.1 Å². The third-order valence-corrected chi connectivity index (χ3v) is 6.73. The number of benzene rings is 3. The highest BCUT2D eigenvalue weighted by molar-refractivity contribution is 6.30. The van der Waals surface area contributed by atoms with Gasteiger partial charge in [0.1, 0.15) is 12.5 Å². The Morgan fingerprint density at radius 2 is 1.74 bits per heavy atom. The van der Waals surface area contributed by atoms with E-state index in [9.17, 15) is 27.9 Å². The zero-order valence-corrected chi connectivity index (χ0v) is 21.1. The summed E-state index contributed by atoms with van der Waals surface area (Å²) in [6.07, 6.45) is -5.35. The van der Waals surface area contributed by atoms with Gasteiger partial charge in [-0.05, 0) is 35.4 Å². The van der Waals surface area contributed by atoms with Gasteiger partial charge in [0.05, 0.1) is 13.2 Å². The number of carbonyl (C=O) groups excluding carboxylic acids is 2. The summed E-state index contributed by atoms with van der Waals surface area (Å²) >= 11 is 5.90. The highest BCUT2D eigenvalue weighted by Crippen LogP contribution is 2.48. The van der Waals surface area contributed by atoms with E-state index in [0.29, 0.717) is 5.02 Å². The quantitative estimate of drug-likeness (QED) is 0.387. The molecule has 0 saturated carbocycles. The van der Waals surface area contributed by atoms with Crippen LogP contribution in [-0.4, -0.2) is 47.9 Å². The predicted octanol–water partition coefficient (Wildman–Crippen LogP) is 5.37. The fourth-order valence-electron chi connectivity index (χ4n) is 4.41. The molecule has 1 aliphatic rings. The number of Topliss-reactive ketones (excluding diaryl/α,β-unsaturated/α-hetero) is 1. The Kier molecular flexibility index (Phi) is 7.57. The highest BCUT2D eigenvalue weighted by atomic mass is 35.5. The summed E-state index contributed by atoms with van der Waals surface area (Å²) in [5.74, 6) is -2.70. The first kappa shape index (κ1) is 27.3. The maximum atomic E-state index is 14.4. The van der Waals surface area contributed by atoms with Crippen molar-refractivity contribution in [1.29, 1.82) is 0 Å². The Morgan fingerprint density at radius 1 is 1.08 bits per heavy atom. The normalized spacial score (nSPS) is 21.6. The lowest BCUT2D eigenvalue weighted by Gasteiger charge is -2.49. The summed E-state index contributed by atoms with van der Waals surface area (Å²) < 4.78 is 54.4.